The molecule has 184 valence electrons. The average Bonchev–Trinajstić information content (AvgIpc) is 3.34. The number of aliphatic hydroxyl groups is 1. The van der Waals surface area contributed by atoms with Gasteiger partial charge < -0.3 is 28.8 Å². The second-order valence-corrected chi connectivity index (χ2v) is 8.67. The molecule has 3 aromatic rings. The first kappa shape index (κ1) is 24.2. The largest absolute Gasteiger partial charge is 0.508 e. The standard InChI is InChI=1S/C27H35NO6/c1-3-32-24-21-13-17-33-25(21)27(31-2)26(34-18-16-28-14-5-4-6-15-28)23(24)22(30)12-9-19-7-10-20(29)11-8-19/h7-8,10-11,13,17,22,29-30H,3-6,9,12,14-16,18H2,1-2H3. The van der Waals surface area contributed by atoms with E-state index in [2.05, 4.69) is 4.90 Å². The van der Waals surface area contributed by atoms with E-state index < -0.39 is 6.10 Å². The van der Waals surface area contributed by atoms with Crippen LogP contribution in [0.1, 0.15) is 49.8 Å². The van der Waals surface area contributed by atoms with Crippen LogP contribution in [-0.4, -0.2) is 55.1 Å². The Labute approximate surface area is 200 Å². The third-order valence-electron chi connectivity index (χ3n) is 6.38. The van der Waals surface area contributed by atoms with Crippen LogP contribution in [0.15, 0.2) is 41.0 Å². The summed E-state index contributed by atoms with van der Waals surface area (Å²) >= 11 is 0. The van der Waals surface area contributed by atoms with Crippen LogP contribution in [0.2, 0.25) is 0 Å². The molecular weight excluding hydrogens is 434 g/mol. The van der Waals surface area contributed by atoms with Crippen molar-refractivity contribution in [2.24, 2.45) is 0 Å². The van der Waals surface area contributed by atoms with Gasteiger partial charge in [-0.25, -0.2) is 0 Å². The highest BCUT2D eigenvalue weighted by Crippen LogP contribution is 2.49. The molecule has 2 heterocycles. The van der Waals surface area contributed by atoms with E-state index in [-0.39, 0.29) is 5.75 Å². The number of hydrogen-bond donors (Lipinski definition) is 2. The average molecular weight is 470 g/mol. The van der Waals surface area contributed by atoms with Gasteiger partial charge in [0.25, 0.3) is 0 Å². The number of methoxy groups -OCH3 is 1. The van der Waals surface area contributed by atoms with Gasteiger partial charge in [0.05, 0.1) is 37.0 Å². The fourth-order valence-corrected chi connectivity index (χ4v) is 4.64. The molecule has 0 saturated carbocycles. The van der Waals surface area contributed by atoms with Crippen molar-refractivity contribution in [2.45, 2.75) is 45.1 Å². The summed E-state index contributed by atoms with van der Waals surface area (Å²) in [7, 11) is 1.59. The van der Waals surface area contributed by atoms with Gasteiger partial charge in [-0.2, -0.15) is 0 Å². The number of benzene rings is 2. The number of piperidine rings is 1. The van der Waals surface area contributed by atoms with E-state index in [4.69, 9.17) is 18.6 Å². The van der Waals surface area contributed by atoms with Crippen LogP contribution < -0.4 is 14.2 Å². The number of phenols is 1. The highest BCUT2D eigenvalue weighted by Gasteiger charge is 2.29. The Morgan fingerprint density at radius 2 is 1.76 bits per heavy atom. The molecule has 1 aromatic heterocycles. The predicted octanol–water partition coefficient (Wildman–Crippen LogP) is 5.08. The maximum absolute atomic E-state index is 11.4. The zero-order valence-corrected chi connectivity index (χ0v) is 20.1. The summed E-state index contributed by atoms with van der Waals surface area (Å²) in [5, 5.41) is 21.7. The topological polar surface area (TPSA) is 84.5 Å². The summed E-state index contributed by atoms with van der Waals surface area (Å²) in [5.41, 5.74) is 2.16. The Kier molecular flexibility index (Phi) is 8.19. The summed E-state index contributed by atoms with van der Waals surface area (Å²) < 4.78 is 23.8. The lowest BCUT2D eigenvalue weighted by molar-refractivity contribution is 0.148. The molecule has 2 N–H and O–H groups in total. The number of ether oxygens (including phenoxy) is 3. The third-order valence-corrected chi connectivity index (χ3v) is 6.38. The van der Waals surface area contributed by atoms with E-state index >= 15 is 0 Å². The van der Waals surface area contributed by atoms with E-state index in [1.54, 1.807) is 25.5 Å². The van der Waals surface area contributed by atoms with Crippen molar-refractivity contribution < 1.29 is 28.8 Å². The van der Waals surface area contributed by atoms with Crippen molar-refractivity contribution in [3.63, 3.8) is 0 Å². The second-order valence-electron chi connectivity index (χ2n) is 8.67. The lowest BCUT2D eigenvalue weighted by Crippen LogP contribution is -2.33. The van der Waals surface area contributed by atoms with Crippen molar-refractivity contribution >= 4 is 11.0 Å². The molecule has 1 saturated heterocycles. The van der Waals surface area contributed by atoms with E-state index in [1.807, 2.05) is 25.1 Å². The maximum Gasteiger partial charge on any atom is 0.205 e. The van der Waals surface area contributed by atoms with E-state index in [0.29, 0.717) is 54.5 Å². The van der Waals surface area contributed by atoms with Gasteiger partial charge in [0.15, 0.2) is 11.3 Å². The fraction of sp³-hybridized carbons (Fsp3) is 0.481. The van der Waals surface area contributed by atoms with Gasteiger partial charge >= 0.3 is 0 Å². The summed E-state index contributed by atoms with van der Waals surface area (Å²) in [6, 6.07) is 8.87. The summed E-state index contributed by atoms with van der Waals surface area (Å²) in [6.45, 7) is 5.82. The van der Waals surface area contributed by atoms with Gasteiger partial charge in [-0.3, -0.25) is 4.90 Å². The second kappa shape index (κ2) is 11.5. The minimum absolute atomic E-state index is 0.225. The van der Waals surface area contributed by atoms with Crippen molar-refractivity contribution in [3.05, 3.63) is 47.7 Å². The van der Waals surface area contributed by atoms with Gasteiger partial charge in [-0.1, -0.05) is 18.6 Å². The molecule has 0 bridgehead atoms. The number of phenolic OH excluding ortho intramolecular Hbond substituents is 1. The number of nitrogens with zero attached hydrogens (tertiary/aromatic N) is 1. The molecule has 0 radical (unpaired) electrons. The molecule has 1 aliphatic heterocycles. The SMILES string of the molecule is CCOc1c(C(O)CCc2ccc(O)cc2)c(OCCN2CCCCC2)c(OC)c2occc12. The molecule has 0 amide bonds. The van der Waals surface area contributed by atoms with Gasteiger partial charge in [0.2, 0.25) is 5.75 Å². The third kappa shape index (κ3) is 5.42. The molecule has 1 aliphatic rings. The number of furan rings is 1. The normalized spacial score (nSPS) is 15.4. The minimum atomic E-state index is -0.839. The first-order valence-electron chi connectivity index (χ1n) is 12.2. The van der Waals surface area contributed by atoms with E-state index in [0.717, 1.165) is 30.6 Å². The van der Waals surface area contributed by atoms with Gasteiger partial charge in [-0.15, -0.1) is 0 Å². The number of rotatable bonds is 11. The van der Waals surface area contributed by atoms with Crippen molar-refractivity contribution in [3.8, 4) is 23.0 Å². The minimum Gasteiger partial charge on any atom is -0.508 e. The summed E-state index contributed by atoms with van der Waals surface area (Å²) in [5.74, 6) is 1.74. The van der Waals surface area contributed by atoms with Crippen molar-refractivity contribution in [1.82, 2.24) is 4.90 Å². The number of aliphatic hydroxyl groups excluding tert-OH is 1. The van der Waals surface area contributed by atoms with Crippen LogP contribution in [0.4, 0.5) is 0 Å². The Morgan fingerprint density at radius 1 is 1.00 bits per heavy atom. The number of aryl methyl sites for hydroxylation is 1. The summed E-state index contributed by atoms with van der Waals surface area (Å²) in [6.07, 6.45) is 5.57. The van der Waals surface area contributed by atoms with Crippen LogP contribution in [0.3, 0.4) is 0 Å². The molecule has 7 heteroatoms. The summed E-state index contributed by atoms with van der Waals surface area (Å²) in [4.78, 5) is 2.41. The van der Waals surface area contributed by atoms with E-state index in [9.17, 15) is 10.2 Å². The molecule has 4 rings (SSSR count). The number of likely N-dealkylation sites (tertiary alicyclic amines) is 1. The Balaban J connectivity index is 1.64. The Morgan fingerprint density at radius 3 is 2.47 bits per heavy atom. The zero-order chi connectivity index (χ0) is 23.9. The van der Waals surface area contributed by atoms with Crippen LogP contribution >= 0.6 is 0 Å². The Bertz CT molecular complexity index is 1060. The number of aromatic hydroxyl groups is 1. The molecule has 0 spiro atoms. The zero-order valence-electron chi connectivity index (χ0n) is 20.1. The maximum atomic E-state index is 11.4. The lowest BCUT2D eigenvalue weighted by atomic mass is 9.97. The molecular formula is C27H35NO6. The number of fused-ring (bicyclic) bond motifs is 1. The smallest absolute Gasteiger partial charge is 0.205 e. The van der Waals surface area contributed by atoms with Crippen LogP contribution in [0, 0.1) is 0 Å². The van der Waals surface area contributed by atoms with E-state index in [1.165, 1.54) is 19.3 Å². The molecule has 1 atom stereocenters. The lowest BCUT2D eigenvalue weighted by Gasteiger charge is -2.27. The highest BCUT2D eigenvalue weighted by atomic mass is 16.5. The Hall–Kier alpha value is -2.90. The van der Waals surface area contributed by atoms with Crippen LogP contribution in [0.25, 0.3) is 11.0 Å². The van der Waals surface area contributed by atoms with Crippen molar-refractivity contribution in [2.75, 3.05) is 40.0 Å². The predicted molar refractivity (Wildman–Crippen MR) is 131 cm³/mol. The van der Waals surface area contributed by atoms with Crippen LogP contribution in [-0.2, 0) is 6.42 Å². The van der Waals surface area contributed by atoms with Gasteiger partial charge in [-0.05, 0) is 69.5 Å². The van der Waals surface area contributed by atoms with Crippen molar-refractivity contribution in [1.29, 1.82) is 0 Å². The number of hydrogen-bond acceptors (Lipinski definition) is 7. The quantitative estimate of drug-likeness (QED) is 0.405. The molecule has 1 unspecified atom stereocenters. The first-order valence-corrected chi connectivity index (χ1v) is 12.2. The monoisotopic (exact) mass is 469 g/mol. The highest BCUT2D eigenvalue weighted by molar-refractivity contribution is 5.93. The molecule has 0 aliphatic carbocycles. The molecule has 34 heavy (non-hydrogen) atoms. The van der Waals surface area contributed by atoms with Gasteiger partial charge in [0, 0.05) is 6.54 Å². The molecule has 7 nitrogen and oxygen atoms in total. The first-order chi connectivity index (χ1) is 16.6. The van der Waals surface area contributed by atoms with Gasteiger partial charge in [0.1, 0.15) is 18.1 Å². The molecule has 2 aromatic carbocycles. The van der Waals surface area contributed by atoms with Crippen LogP contribution in [0.5, 0.6) is 23.0 Å². The fourth-order valence-electron chi connectivity index (χ4n) is 4.64. The molecule has 1 fully saturated rings.